The maximum atomic E-state index is 3.72. The molecule has 0 aliphatic heterocycles. The van der Waals surface area contributed by atoms with E-state index in [4.69, 9.17) is 0 Å². The maximum absolute atomic E-state index is 3.72. The van der Waals surface area contributed by atoms with Crippen molar-refractivity contribution in [3.8, 4) is 0 Å². The molecule has 0 N–H and O–H groups in total. The van der Waals surface area contributed by atoms with Gasteiger partial charge in [-0.25, -0.2) is 0 Å². The van der Waals surface area contributed by atoms with E-state index in [1.807, 2.05) is 0 Å². The Labute approximate surface area is 111 Å². The summed E-state index contributed by atoms with van der Waals surface area (Å²) >= 11 is 0. The number of hydrogen-bond donors (Lipinski definition) is 0. The fourth-order valence-corrected chi connectivity index (χ4v) is 2.42. The van der Waals surface area contributed by atoms with Crippen molar-refractivity contribution in [2.75, 3.05) is 0 Å². The monoisotopic (exact) mass is 239 g/mol. The van der Waals surface area contributed by atoms with Crippen LogP contribution in [0.2, 0.25) is 0 Å². The molecular formula is C17H35. The molecule has 1 radical (unpaired) electrons. The highest BCUT2D eigenvalue weighted by molar-refractivity contribution is 4.76. The van der Waals surface area contributed by atoms with Crippen LogP contribution >= 0.6 is 0 Å². The molecule has 0 heteroatoms. The Morgan fingerprint density at radius 1 is 0.882 bits per heavy atom. The highest BCUT2D eigenvalue weighted by atomic mass is 14.3. The molecule has 0 aromatic carbocycles. The van der Waals surface area contributed by atoms with Crippen molar-refractivity contribution in [2.24, 2.45) is 11.8 Å². The highest BCUT2D eigenvalue weighted by Gasteiger charge is 2.25. The van der Waals surface area contributed by atoms with E-state index in [1.54, 1.807) is 0 Å². The Balaban J connectivity index is 0.000000366. The van der Waals surface area contributed by atoms with Crippen molar-refractivity contribution in [1.29, 1.82) is 0 Å². The Morgan fingerprint density at radius 2 is 1.53 bits per heavy atom. The van der Waals surface area contributed by atoms with Gasteiger partial charge in [-0.2, -0.15) is 0 Å². The Kier molecular flexibility index (Phi) is 12.5. The van der Waals surface area contributed by atoms with E-state index in [0.717, 1.165) is 18.3 Å². The van der Waals surface area contributed by atoms with Gasteiger partial charge in [-0.3, -0.25) is 0 Å². The molecule has 2 atom stereocenters. The first-order valence-electron chi connectivity index (χ1n) is 8.05. The Hall–Kier alpha value is 0. The number of rotatable bonds is 8. The molecule has 2 unspecified atom stereocenters. The fraction of sp³-hybridized carbons (Fsp3) is 0.941. The molecule has 1 aliphatic carbocycles. The van der Waals surface area contributed by atoms with E-state index in [0.29, 0.717) is 0 Å². The van der Waals surface area contributed by atoms with Crippen LogP contribution in [0, 0.1) is 18.8 Å². The molecule has 103 valence electrons. The second-order valence-electron chi connectivity index (χ2n) is 5.72. The molecule has 0 nitrogen and oxygen atoms in total. The van der Waals surface area contributed by atoms with E-state index in [9.17, 15) is 0 Å². The van der Waals surface area contributed by atoms with Gasteiger partial charge < -0.3 is 0 Å². The maximum Gasteiger partial charge on any atom is -0.0388 e. The first kappa shape index (κ1) is 17.0. The second kappa shape index (κ2) is 12.5. The molecule has 1 fully saturated rings. The smallest absolute Gasteiger partial charge is 0.0388 e. The zero-order chi connectivity index (χ0) is 12.9. The van der Waals surface area contributed by atoms with Crippen molar-refractivity contribution in [1.82, 2.24) is 0 Å². The molecule has 17 heavy (non-hydrogen) atoms. The van der Waals surface area contributed by atoms with Gasteiger partial charge in [-0.15, -0.1) is 0 Å². The lowest BCUT2D eigenvalue weighted by Crippen LogP contribution is -2.22. The predicted octanol–water partition coefficient (Wildman–Crippen LogP) is 6.40. The average Bonchev–Trinajstić information content (AvgIpc) is 2.35. The molecule has 1 rings (SSSR count). The SMILES string of the molecule is CCCCCCC1CCC1C.[CH2]CCCCC. The van der Waals surface area contributed by atoms with E-state index < -0.39 is 0 Å². The first-order valence-corrected chi connectivity index (χ1v) is 8.05. The van der Waals surface area contributed by atoms with Gasteiger partial charge in [0, 0.05) is 0 Å². The average molecular weight is 239 g/mol. The Bertz CT molecular complexity index is 135. The molecule has 0 aromatic rings. The van der Waals surface area contributed by atoms with Crippen LogP contribution in [0.1, 0.15) is 91.4 Å². The minimum absolute atomic E-state index is 1.05. The third-order valence-electron chi connectivity index (χ3n) is 4.08. The zero-order valence-electron chi connectivity index (χ0n) is 12.6. The predicted molar refractivity (Wildman–Crippen MR) is 80.1 cm³/mol. The molecule has 0 heterocycles. The van der Waals surface area contributed by atoms with Crippen LogP contribution in [0.3, 0.4) is 0 Å². The minimum atomic E-state index is 1.05. The molecule has 0 aromatic heterocycles. The molecule has 1 aliphatic rings. The molecule has 0 saturated heterocycles. The summed E-state index contributed by atoms with van der Waals surface area (Å²) in [5.74, 6) is 2.16. The summed E-state index contributed by atoms with van der Waals surface area (Å²) in [5.41, 5.74) is 0. The van der Waals surface area contributed by atoms with E-state index in [2.05, 4.69) is 27.7 Å². The van der Waals surface area contributed by atoms with Crippen LogP contribution in [0.15, 0.2) is 0 Å². The van der Waals surface area contributed by atoms with Crippen molar-refractivity contribution in [3.05, 3.63) is 6.92 Å². The van der Waals surface area contributed by atoms with E-state index in [-0.39, 0.29) is 0 Å². The lowest BCUT2D eigenvalue weighted by atomic mass is 9.72. The highest BCUT2D eigenvalue weighted by Crippen LogP contribution is 2.37. The quantitative estimate of drug-likeness (QED) is 0.430. The van der Waals surface area contributed by atoms with Crippen LogP contribution in [-0.2, 0) is 0 Å². The van der Waals surface area contributed by atoms with Crippen molar-refractivity contribution >= 4 is 0 Å². The van der Waals surface area contributed by atoms with Gasteiger partial charge in [-0.05, 0) is 18.3 Å². The standard InChI is InChI=1S/C11H22.C6H13/c1-3-4-5-6-7-11-9-8-10(11)2;1-3-5-6-4-2/h10-11H,3-9H2,1-2H3;1,3-6H2,2H3. The summed E-state index contributed by atoms with van der Waals surface area (Å²) in [6, 6.07) is 0. The second-order valence-corrected chi connectivity index (χ2v) is 5.72. The van der Waals surface area contributed by atoms with Crippen LogP contribution in [0.4, 0.5) is 0 Å². The van der Waals surface area contributed by atoms with Gasteiger partial charge in [0.15, 0.2) is 0 Å². The van der Waals surface area contributed by atoms with Crippen molar-refractivity contribution < 1.29 is 0 Å². The Morgan fingerprint density at radius 3 is 1.88 bits per heavy atom. The van der Waals surface area contributed by atoms with Gasteiger partial charge in [0.2, 0.25) is 0 Å². The van der Waals surface area contributed by atoms with Crippen LogP contribution < -0.4 is 0 Å². The summed E-state index contributed by atoms with van der Waals surface area (Å²) in [6.07, 6.45) is 15.4. The first-order chi connectivity index (χ1) is 8.26. The van der Waals surface area contributed by atoms with E-state index >= 15 is 0 Å². The third-order valence-corrected chi connectivity index (χ3v) is 4.08. The van der Waals surface area contributed by atoms with E-state index in [1.165, 1.54) is 64.2 Å². The van der Waals surface area contributed by atoms with Gasteiger partial charge >= 0.3 is 0 Å². The third kappa shape index (κ3) is 9.68. The number of hydrogen-bond acceptors (Lipinski definition) is 0. The van der Waals surface area contributed by atoms with Gasteiger partial charge in [0.1, 0.15) is 0 Å². The van der Waals surface area contributed by atoms with Crippen LogP contribution in [0.25, 0.3) is 0 Å². The molecule has 0 bridgehead atoms. The van der Waals surface area contributed by atoms with Gasteiger partial charge in [0.25, 0.3) is 0 Å². The van der Waals surface area contributed by atoms with Crippen LogP contribution in [-0.4, -0.2) is 0 Å². The topological polar surface area (TPSA) is 0 Å². The molecule has 0 amide bonds. The fourth-order valence-electron chi connectivity index (χ4n) is 2.42. The van der Waals surface area contributed by atoms with Gasteiger partial charge in [-0.1, -0.05) is 91.9 Å². The lowest BCUT2D eigenvalue weighted by molar-refractivity contribution is 0.179. The summed E-state index contributed by atoms with van der Waals surface area (Å²) < 4.78 is 0. The minimum Gasteiger partial charge on any atom is -0.0654 e. The number of unbranched alkanes of at least 4 members (excludes halogenated alkanes) is 6. The normalized spacial score (nSPS) is 22.6. The van der Waals surface area contributed by atoms with Crippen LogP contribution in [0.5, 0.6) is 0 Å². The summed E-state index contributed by atoms with van der Waals surface area (Å²) in [6.45, 7) is 10.6. The van der Waals surface area contributed by atoms with Crippen molar-refractivity contribution in [2.45, 2.75) is 91.4 Å². The zero-order valence-corrected chi connectivity index (χ0v) is 12.6. The lowest BCUT2D eigenvalue weighted by Gasteiger charge is -2.33. The van der Waals surface area contributed by atoms with Gasteiger partial charge in [0.05, 0.1) is 0 Å². The summed E-state index contributed by atoms with van der Waals surface area (Å²) in [5, 5.41) is 0. The molecule has 0 spiro atoms. The largest absolute Gasteiger partial charge is 0.0654 e. The molecule has 1 saturated carbocycles. The van der Waals surface area contributed by atoms with Crippen molar-refractivity contribution in [3.63, 3.8) is 0 Å². The molecular weight excluding hydrogens is 204 g/mol. The summed E-state index contributed by atoms with van der Waals surface area (Å²) in [7, 11) is 0. The summed E-state index contributed by atoms with van der Waals surface area (Å²) in [4.78, 5) is 0.